The van der Waals surface area contributed by atoms with Gasteiger partial charge in [0.2, 0.25) is 10.0 Å². The maximum absolute atomic E-state index is 12.7. The topological polar surface area (TPSA) is 79.0 Å². The van der Waals surface area contributed by atoms with Gasteiger partial charge in [-0.05, 0) is 37.3 Å². The fourth-order valence-corrected chi connectivity index (χ4v) is 4.03. The van der Waals surface area contributed by atoms with Crippen molar-refractivity contribution in [3.05, 3.63) is 54.1 Å². The van der Waals surface area contributed by atoms with Gasteiger partial charge in [-0.2, -0.15) is 4.31 Å². The molecule has 2 aromatic carbocycles. The first kappa shape index (κ1) is 20.2. The number of carbonyl (C=O) groups excluding carboxylic acids is 1. The molecule has 2 aromatic rings. The fraction of sp³-hybridized carbons (Fsp3) is 0.350. The average Bonchev–Trinajstić information content (AvgIpc) is 2.68. The summed E-state index contributed by atoms with van der Waals surface area (Å²) < 4.78 is 30.4. The van der Waals surface area contributed by atoms with E-state index in [1.54, 1.807) is 18.2 Å². The predicted molar refractivity (Wildman–Crippen MR) is 111 cm³/mol. The third-order valence-electron chi connectivity index (χ3n) is 4.61. The highest BCUT2D eigenvalue weighted by molar-refractivity contribution is 7.88. The van der Waals surface area contributed by atoms with Gasteiger partial charge < -0.3 is 15.0 Å². The lowest BCUT2D eigenvalue weighted by molar-refractivity contribution is 0.102. The van der Waals surface area contributed by atoms with Gasteiger partial charge in [0.1, 0.15) is 5.75 Å². The molecule has 1 heterocycles. The lowest BCUT2D eigenvalue weighted by Gasteiger charge is -2.35. The Morgan fingerprint density at radius 2 is 1.79 bits per heavy atom. The molecule has 1 amide bonds. The summed E-state index contributed by atoms with van der Waals surface area (Å²) in [5, 5.41) is 2.97. The Morgan fingerprint density at radius 3 is 2.46 bits per heavy atom. The Hall–Kier alpha value is -2.58. The van der Waals surface area contributed by atoms with Crippen molar-refractivity contribution in [2.45, 2.75) is 6.92 Å². The van der Waals surface area contributed by atoms with Crippen LogP contribution in [0, 0.1) is 0 Å². The number of nitrogens with one attached hydrogen (secondary N) is 1. The van der Waals surface area contributed by atoms with Gasteiger partial charge in [0, 0.05) is 31.7 Å². The second-order valence-corrected chi connectivity index (χ2v) is 8.56. The first-order chi connectivity index (χ1) is 13.4. The van der Waals surface area contributed by atoms with E-state index in [2.05, 4.69) is 10.2 Å². The van der Waals surface area contributed by atoms with E-state index >= 15 is 0 Å². The Labute approximate surface area is 166 Å². The molecule has 1 aliphatic heterocycles. The molecule has 1 saturated heterocycles. The van der Waals surface area contributed by atoms with E-state index in [1.165, 1.54) is 10.6 Å². The van der Waals surface area contributed by atoms with E-state index < -0.39 is 10.0 Å². The normalized spacial score (nSPS) is 15.3. The van der Waals surface area contributed by atoms with Crippen molar-refractivity contribution in [2.24, 2.45) is 0 Å². The minimum atomic E-state index is -3.18. The highest BCUT2D eigenvalue weighted by Crippen LogP contribution is 2.27. The number of carbonyl (C=O) groups is 1. The smallest absolute Gasteiger partial charge is 0.255 e. The zero-order valence-corrected chi connectivity index (χ0v) is 16.9. The summed E-state index contributed by atoms with van der Waals surface area (Å²) in [5.41, 5.74) is 2.09. The number of piperazine rings is 1. The van der Waals surface area contributed by atoms with Gasteiger partial charge in [-0.15, -0.1) is 0 Å². The molecule has 1 aliphatic rings. The van der Waals surface area contributed by atoms with Crippen molar-refractivity contribution in [3.8, 4) is 5.75 Å². The van der Waals surface area contributed by atoms with Crippen molar-refractivity contribution in [2.75, 3.05) is 49.3 Å². The van der Waals surface area contributed by atoms with Crippen LogP contribution in [-0.4, -0.2) is 57.7 Å². The highest BCUT2D eigenvalue weighted by atomic mass is 32.2. The molecule has 1 N–H and O–H groups in total. The number of rotatable bonds is 6. The number of ether oxygens (including phenoxy) is 1. The summed E-state index contributed by atoms with van der Waals surface area (Å²) in [7, 11) is -3.18. The summed E-state index contributed by atoms with van der Waals surface area (Å²) in [6.07, 6.45) is 1.23. The summed E-state index contributed by atoms with van der Waals surface area (Å²) in [5.74, 6) is 0.434. The van der Waals surface area contributed by atoms with E-state index in [9.17, 15) is 13.2 Å². The molecule has 0 unspecified atom stereocenters. The second-order valence-electron chi connectivity index (χ2n) is 6.58. The Kier molecular flexibility index (Phi) is 6.21. The molecular weight excluding hydrogens is 378 g/mol. The minimum absolute atomic E-state index is 0.219. The number of nitrogens with zero attached hydrogens (tertiary/aromatic N) is 2. The number of benzene rings is 2. The first-order valence-corrected chi connectivity index (χ1v) is 11.1. The maximum Gasteiger partial charge on any atom is 0.255 e. The Morgan fingerprint density at radius 1 is 1.07 bits per heavy atom. The summed E-state index contributed by atoms with van der Waals surface area (Å²) in [6.45, 7) is 4.43. The average molecular weight is 404 g/mol. The molecule has 28 heavy (non-hydrogen) atoms. The summed E-state index contributed by atoms with van der Waals surface area (Å²) >= 11 is 0. The molecule has 0 aliphatic carbocycles. The Bertz CT molecular complexity index is 938. The van der Waals surface area contributed by atoms with Crippen molar-refractivity contribution < 1.29 is 17.9 Å². The van der Waals surface area contributed by atoms with Gasteiger partial charge in [0.15, 0.2) is 0 Å². The van der Waals surface area contributed by atoms with Crippen molar-refractivity contribution >= 4 is 27.3 Å². The van der Waals surface area contributed by atoms with Crippen molar-refractivity contribution in [3.63, 3.8) is 0 Å². The van der Waals surface area contributed by atoms with Crippen molar-refractivity contribution in [1.82, 2.24) is 4.31 Å². The van der Waals surface area contributed by atoms with Crippen LogP contribution in [0.4, 0.5) is 11.4 Å². The number of amides is 1. The standard InChI is InChI=1S/C20H25N3O4S/c1-3-27-17-8-6-7-16(15-17)20(24)21-18-9-4-5-10-19(18)22-11-13-23(14-12-22)28(2,25)26/h4-10,15H,3,11-14H2,1-2H3,(H,21,24). The van der Waals surface area contributed by atoms with Crippen LogP contribution in [0.2, 0.25) is 0 Å². The van der Waals surface area contributed by atoms with Gasteiger partial charge in [-0.25, -0.2) is 8.42 Å². The number of anilines is 2. The van der Waals surface area contributed by atoms with Crippen LogP contribution >= 0.6 is 0 Å². The lowest BCUT2D eigenvalue weighted by Crippen LogP contribution is -2.48. The van der Waals surface area contributed by atoms with Crippen LogP contribution in [0.1, 0.15) is 17.3 Å². The van der Waals surface area contributed by atoms with Crippen LogP contribution < -0.4 is 15.0 Å². The number of sulfonamides is 1. The monoisotopic (exact) mass is 403 g/mol. The van der Waals surface area contributed by atoms with Crippen LogP contribution in [0.15, 0.2) is 48.5 Å². The predicted octanol–water partition coefficient (Wildman–Crippen LogP) is 2.42. The zero-order valence-electron chi connectivity index (χ0n) is 16.1. The van der Waals surface area contributed by atoms with Gasteiger partial charge in [0.25, 0.3) is 5.91 Å². The zero-order chi connectivity index (χ0) is 20.1. The van der Waals surface area contributed by atoms with Gasteiger partial charge in [-0.3, -0.25) is 4.79 Å². The molecule has 0 radical (unpaired) electrons. The molecule has 7 nitrogen and oxygen atoms in total. The van der Waals surface area contributed by atoms with Crippen LogP contribution in [0.3, 0.4) is 0 Å². The Balaban J connectivity index is 1.74. The molecule has 0 spiro atoms. The highest BCUT2D eigenvalue weighted by Gasteiger charge is 2.24. The minimum Gasteiger partial charge on any atom is -0.494 e. The lowest BCUT2D eigenvalue weighted by atomic mass is 10.1. The van der Waals surface area contributed by atoms with Crippen LogP contribution in [0.5, 0.6) is 5.75 Å². The van der Waals surface area contributed by atoms with Gasteiger partial charge in [0.05, 0.1) is 24.2 Å². The first-order valence-electron chi connectivity index (χ1n) is 9.22. The molecule has 0 saturated carbocycles. The van der Waals surface area contributed by atoms with E-state index in [-0.39, 0.29) is 5.91 Å². The van der Waals surface area contributed by atoms with Gasteiger partial charge >= 0.3 is 0 Å². The molecule has 1 fully saturated rings. The van der Waals surface area contributed by atoms with E-state index in [4.69, 9.17) is 4.74 Å². The quantitative estimate of drug-likeness (QED) is 0.801. The van der Waals surface area contributed by atoms with E-state index in [0.717, 1.165) is 5.69 Å². The molecule has 8 heteroatoms. The largest absolute Gasteiger partial charge is 0.494 e. The van der Waals surface area contributed by atoms with E-state index in [1.807, 2.05) is 37.3 Å². The number of para-hydroxylation sites is 2. The molecule has 3 rings (SSSR count). The number of hydrogen-bond donors (Lipinski definition) is 1. The van der Waals surface area contributed by atoms with Crippen LogP contribution in [-0.2, 0) is 10.0 Å². The number of hydrogen-bond acceptors (Lipinski definition) is 5. The van der Waals surface area contributed by atoms with Crippen LogP contribution in [0.25, 0.3) is 0 Å². The summed E-state index contributed by atoms with van der Waals surface area (Å²) in [4.78, 5) is 14.8. The second kappa shape index (κ2) is 8.62. The third-order valence-corrected chi connectivity index (χ3v) is 5.91. The molecule has 0 bridgehead atoms. The summed E-state index contributed by atoms with van der Waals surface area (Å²) in [6, 6.07) is 14.6. The molecule has 0 atom stereocenters. The molecule has 150 valence electrons. The fourth-order valence-electron chi connectivity index (χ4n) is 3.20. The maximum atomic E-state index is 12.7. The van der Waals surface area contributed by atoms with Gasteiger partial charge in [-0.1, -0.05) is 18.2 Å². The van der Waals surface area contributed by atoms with E-state index in [0.29, 0.717) is 49.8 Å². The van der Waals surface area contributed by atoms with Crippen molar-refractivity contribution in [1.29, 1.82) is 0 Å². The molecule has 0 aromatic heterocycles. The third kappa shape index (κ3) is 4.82. The molecular formula is C20H25N3O4S. The SMILES string of the molecule is CCOc1cccc(C(=O)Nc2ccccc2N2CCN(S(C)(=O)=O)CC2)c1.